The van der Waals surface area contributed by atoms with Crippen LogP contribution in [-0.2, 0) is 13.2 Å². The summed E-state index contributed by atoms with van der Waals surface area (Å²) in [5.41, 5.74) is 0.463. The van der Waals surface area contributed by atoms with Gasteiger partial charge in [-0.15, -0.1) is 0 Å². The molecule has 2 aromatic heterocycles. The van der Waals surface area contributed by atoms with E-state index in [1.165, 1.54) is 6.20 Å². The molecule has 1 amide bonds. The zero-order valence-electron chi connectivity index (χ0n) is 13.5. The quantitative estimate of drug-likeness (QED) is 0.702. The molecule has 3 aromatic rings. The Kier molecular flexibility index (Phi) is 5.20. The lowest BCUT2D eigenvalue weighted by atomic mass is 10.3. The van der Waals surface area contributed by atoms with Crippen LogP contribution in [0.15, 0.2) is 53.3 Å². The topological polar surface area (TPSA) is 99.4 Å². The molecule has 0 aliphatic carbocycles. The second kappa shape index (κ2) is 7.91. The third-order valence-electron chi connectivity index (χ3n) is 3.26. The largest absolute Gasteiger partial charge is 0.497 e. The van der Waals surface area contributed by atoms with Crippen molar-refractivity contribution in [3.8, 4) is 11.5 Å². The number of pyridine rings is 1. The summed E-state index contributed by atoms with van der Waals surface area (Å²) in [6, 6.07) is 10.5. The van der Waals surface area contributed by atoms with Crippen molar-refractivity contribution in [2.75, 3.05) is 7.11 Å². The molecular weight excluding hydrogens is 324 g/mol. The van der Waals surface area contributed by atoms with Crippen LogP contribution in [0, 0.1) is 0 Å². The fraction of sp³-hybridized carbons (Fsp3) is 0.176. The summed E-state index contributed by atoms with van der Waals surface area (Å²) >= 11 is 0. The number of amides is 1. The molecule has 0 bridgehead atoms. The first-order valence-corrected chi connectivity index (χ1v) is 7.51. The van der Waals surface area contributed by atoms with Crippen molar-refractivity contribution in [1.82, 2.24) is 20.4 Å². The van der Waals surface area contributed by atoms with Crippen LogP contribution in [0.2, 0.25) is 0 Å². The van der Waals surface area contributed by atoms with Crippen LogP contribution in [0.1, 0.15) is 22.1 Å². The van der Waals surface area contributed by atoms with Crippen LogP contribution in [0.5, 0.6) is 11.5 Å². The molecule has 3 rings (SSSR count). The van der Waals surface area contributed by atoms with E-state index in [0.29, 0.717) is 23.0 Å². The molecule has 0 atom stereocenters. The van der Waals surface area contributed by atoms with Gasteiger partial charge in [-0.3, -0.25) is 9.78 Å². The SMILES string of the molecule is COc1ccc(OCc2noc(CNC(=O)c3cccnc3)n2)cc1. The van der Waals surface area contributed by atoms with Gasteiger partial charge >= 0.3 is 0 Å². The third-order valence-corrected chi connectivity index (χ3v) is 3.26. The van der Waals surface area contributed by atoms with Gasteiger partial charge in [0.05, 0.1) is 19.2 Å². The maximum atomic E-state index is 11.9. The first-order chi connectivity index (χ1) is 12.2. The van der Waals surface area contributed by atoms with Crippen molar-refractivity contribution in [2.24, 2.45) is 0 Å². The Labute approximate surface area is 143 Å². The molecule has 8 nitrogen and oxygen atoms in total. The lowest BCUT2D eigenvalue weighted by Crippen LogP contribution is -2.23. The fourth-order valence-electron chi connectivity index (χ4n) is 2.00. The highest BCUT2D eigenvalue weighted by atomic mass is 16.5. The maximum absolute atomic E-state index is 11.9. The predicted octanol–water partition coefficient (Wildman–Crippen LogP) is 1.98. The van der Waals surface area contributed by atoms with E-state index in [2.05, 4.69) is 20.4 Å². The van der Waals surface area contributed by atoms with E-state index in [0.717, 1.165) is 5.75 Å². The number of rotatable bonds is 7. The molecule has 0 aliphatic rings. The second-order valence-electron chi connectivity index (χ2n) is 4.99. The number of benzene rings is 1. The highest BCUT2D eigenvalue weighted by molar-refractivity contribution is 5.93. The second-order valence-corrected chi connectivity index (χ2v) is 4.99. The van der Waals surface area contributed by atoms with E-state index in [9.17, 15) is 4.79 Å². The normalized spacial score (nSPS) is 10.3. The van der Waals surface area contributed by atoms with Crippen molar-refractivity contribution in [3.05, 3.63) is 66.1 Å². The Morgan fingerprint density at radius 2 is 2.00 bits per heavy atom. The Balaban J connectivity index is 1.49. The summed E-state index contributed by atoms with van der Waals surface area (Å²) in [6.45, 7) is 0.287. The zero-order chi connectivity index (χ0) is 17.5. The van der Waals surface area contributed by atoms with E-state index in [4.69, 9.17) is 14.0 Å². The molecular formula is C17H16N4O4. The first-order valence-electron chi connectivity index (χ1n) is 7.51. The van der Waals surface area contributed by atoms with Crippen LogP contribution in [-0.4, -0.2) is 28.1 Å². The average molecular weight is 340 g/mol. The van der Waals surface area contributed by atoms with Crippen LogP contribution >= 0.6 is 0 Å². The minimum atomic E-state index is -0.262. The molecule has 2 heterocycles. The van der Waals surface area contributed by atoms with Crippen LogP contribution in [0.4, 0.5) is 0 Å². The van der Waals surface area contributed by atoms with Gasteiger partial charge in [-0.25, -0.2) is 0 Å². The lowest BCUT2D eigenvalue weighted by molar-refractivity contribution is 0.0946. The van der Waals surface area contributed by atoms with Gasteiger partial charge in [0.15, 0.2) is 6.61 Å². The molecule has 0 saturated carbocycles. The summed E-state index contributed by atoms with van der Waals surface area (Å²) in [5.74, 6) is 1.84. The van der Waals surface area contributed by atoms with Gasteiger partial charge < -0.3 is 19.3 Å². The third kappa shape index (κ3) is 4.54. The molecule has 0 radical (unpaired) electrons. The van der Waals surface area contributed by atoms with Gasteiger partial charge in [0.25, 0.3) is 5.91 Å². The minimum absolute atomic E-state index is 0.128. The molecule has 25 heavy (non-hydrogen) atoms. The van der Waals surface area contributed by atoms with E-state index in [1.54, 1.807) is 49.7 Å². The van der Waals surface area contributed by atoms with E-state index >= 15 is 0 Å². The van der Waals surface area contributed by atoms with Crippen molar-refractivity contribution in [1.29, 1.82) is 0 Å². The number of nitrogens with zero attached hydrogens (tertiary/aromatic N) is 3. The van der Waals surface area contributed by atoms with E-state index < -0.39 is 0 Å². The standard InChI is InChI=1S/C17H16N4O4/c1-23-13-4-6-14(7-5-13)24-11-15-20-16(25-21-15)10-19-17(22)12-3-2-8-18-9-12/h2-9H,10-11H2,1H3,(H,19,22). The average Bonchev–Trinajstić information content (AvgIpc) is 3.13. The number of carbonyl (C=O) groups is 1. The van der Waals surface area contributed by atoms with Gasteiger partial charge in [0.1, 0.15) is 11.5 Å². The minimum Gasteiger partial charge on any atom is -0.497 e. The van der Waals surface area contributed by atoms with Gasteiger partial charge in [-0.1, -0.05) is 5.16 Å². The summed E-state index contributed by atoms with van der Waals surface area (Å²) < 4.78 is 15.7. The van der Waals surface area contributed by atoms with Crippen molar-refractivity contribution in [2.45, 2.75) is 13.2 Å². The Hall–Kier alpha value is -3.42. The molecule has 0 saturated heterocycles. The number of carbonyl (C=O) groups excluding carboxylic acids is 1. The molecule has 8 heteroatoms. The van der Waals surface area contributed by atoms with Gasteiger partial charge in [-0.2, -0.15) is 4.98 Å². The number of hydrogen-bond acceptors (Lipinski definition) is 7. The zero-order valence-corrected chi connectivity index (χ0v) is 13.5. The Morgan fingerprint density at radius 1 is 1.20 bits per heavy atom. The summed E-state index contributed by atoms with van der Waals surface area (Å²) in [5, 5.41) is 6.50. The van der Waals surface area contributed by atoms with Gasteiger partial charge in [-0.05, 0) is 36.4 Å². The van der Waals surface area contributed by atoms with E-state index in [1.807, 2.05) is 0 Å². The van der Waals surface area contributed by atoms with Crippen molar-refractivity contribution < 1.29 is 18.8 Å². The molecule has 0 unspecified atom stereocenters. The summed E-state index contributed by atoms with van der Waals surface area (Å²) in [7, 11) is 1.60. The molecule has 1 aromatic carbocycles. The number of aromatic nitrogens is 3. The van der Waals surface area contributed by atoms with E-state index in [-0.39, 0.29) is 19.1 Å². The highest BCUT2D eigenvalue weighted by Gasteiger charge is 2.10. The number of methoxy groups -OCH3 is 1. The highest BCUT2D eigenvalue weighted by Crippen LogP contribution is 2.17. The number of ether oxygens (including phenoxy) is 2. The molecule has 128 valence electrons. The molecule has 0 spiro atoms. The monoisotopic (exact) mass is 340 g/mol. The Bertz CT molecular complexity index is 818. The smallest absolute Gasteiger partial charge is 0.253 e. The van der Waals surface area contributed by atoms with Crippen molar-refractivity contribution in [3.63, 3.8) is 0 Å². The lowest BCUT2D eigenvalue weighted by Gasteiger charge is -2.04. The fourth-order valence-corrected chi connectivity index (χ4v) is 2.00. The molecule has 0 aliphatic heterocycles. The van der Waals surface area contributed by atoms with Gasteiger partial charge in [0, 0.05) is 12.4 Å². The van der Waals surface area contributed by atoms with Crippen LogP contribution in [0.25, 0.3) is 0 Å². The van der Waals surface area contributed by atoms with Crippen LogP contribution in [0.3, 0.4) is 0 Å². The summed E-state index contributed by atoms with van der Waals surface area (Å²) in [4.78, 5) is 20.0. The number of hydrogen-bond donors (Lipinski definition) is 1. The molecule has 0 fully saturated rings. The summed E-state index contributed by atoms with van der Waals surface area (Å²) in [6.07, 6.45) is 3.08. The van der Waals surface area contributed by atoms with Crippen molar-refractivity contribution >= 4 is 5.91 Å². The maximum Gasteiger partial charge on any atom is 0.253 e. The van der Waals surface area contributed by atoms with Crippen LogP contribution < -0.4 is 14.8 Å². The Morgan fingerprint density at radius 3 is 2.72 bits per heavy atom. The predicted molar refractivity (Wildman–Crippen MR) is 87.0 cm³/mol. The van der Waals surface area contributed by atoms with Gasteiger partial charge in [0.2, 0.25) is 11.7 Å². The molecule has 1 N–H and O–H groups in total. The first kappa shape index (κ1) is 16.4. The number of nitrogens with one attached hydrogen (secondary N) is 1.